The van der Waals surface area contributed by atoms with Crippen LogP contribution in [0.1, 0.15) is 90.9 Å². The quantitative estimate of drug-likeness (QED) is 0.325. The molecule has 1 rings (SSSR count). The van der Waals surface area contributed by atoms with E-state index in [4.69, 9.17) is 0 Å². The minimum Gasteiger partial charge on any atom is -0.423 e. The Morgan fingerprint density at radius 3 is 1.50 bits per heavy atom. The maximum absolute atomic E-state index is 9.28. The minimum absolute atomic E-state index is 0.563. The van der Waals surface area contributed by atoms with E-state index >= 15 is 0 Å². The van der Waals surface area contributed by atoms with E-state index in [0.29, 0.717) is 5.46 Å². The SMILES string of the molecule is CCCCCCCCN(CCCCCCCC)c1ccc(B(O)O)cc1. The van der Waals surface area contributed by atoms with Crippen LogP contribution in [0.3, 0.4) is 0 Å². The first-order valence-corrected chi connectivity index (χ1v) is 10.9. The number of nitrogens with zero attached hydrogens (tertiary/aromatic N) is 1. The number of unbranched alkanes of at least 4 members (excludes halogenated alkanes) is 10. The highest BCUT2D eigenvalue weighted by atomic mass is 16.4. The van der Waals surface area contributed by atoms with E-state index in [1.807, 2.05) is 24.3 Å². The molecule has 0 aliphatic carbocycles. The second-order valence-corrected chi connectivity index (χ2v) is 7.49. The lowest BCUT2D eigenvalue weighted by Crippen LogP contribution is -2.30. The zero-order valence-electron chi connectivity index (χ0n) is 17.1. The van der Waals surface area contributed by atoms with Gasteiger partial charge < -0.3 is 14.9 Å². The van der Waals surface area contributed by atoms with Crippen LogP contribution in [0, 0.1) is 0 Å². The Kier molecular flexibility index (Phi) is 13.4. The van der Waals surface area contributed by atoms with Gasteiger partial charge in [0, 0.05) is 18.8 Å². The van der Waals surface area contributed by atoms with E-state index in [1.54, 1.807) is 0 Å². The average Bonchev–Trinajstić information content (AvgIpc) is 2.65. The number of hydrogen-bond donors (Lipinski definition) is 2. The first kappa shape index (κ1) is 23.0. The van der Waals surface area contributed by atoms with Gasteiger partial charge in [-0.05, 0) is 30.4 Å². The second-order valence-electron chi connectivity index (χ2n) is 7.49. The fourth-order valence-corrected chi connectivity index (χ4v) is 3.39. The summed E-state index contributed by atoms with van der Waals surface area (Å²) in [7, 11) is -1.38. The monoisotopic (exact) mass is 361 g/mol. The van der Waals surface area contributed by atoms with Gasteiger partial charge in [0.2, 0.25) is 0 Å². The van der Waals surface area contributed by atoms with Crippen molar-refractivity contribution < 1.29 is 10.0 Å². The molecule has 0 aliphatic heterocycles. The van der Waals surface area contributed by atoms with E-state index in [9.17, 15) is 10.0 Å². The third-order valence-electron chi connectivity index (χ3n) is 5.12. The number of hydrogen-bond acceptors (Lipinski definition) is 3. The molecule has 3 nitrogen and oxygen atoms in total. The van der Waals surface area contributed by atoms with Gasteiger partial charge >= 0.3 is 7.12 Å². The molecule has 26 heavy (non-hydrogen) atoms. The van der Waals surface area contributed by atoms with Crippen LogP contribution < -0.4 is 10.4 Å². The molecule has 1 aromatic rings. The highest BCUT2D eigenvalue weighted by molar-refractivity contribution is 6.58. The molecular formula is C22H40BNO2. The molecule has 0 aromatic heterocycles. The zero-order chi connectivity index (χ0) is 19.0. The van der Waals surface area contributed by atoms with E-state index in [1.165, 1.54) is 82.7 Å². The van der Waals surface area contributed by atoms with Crippen LogP contribution >= 0.6 is 0 Å². The summed E-state index contributed by atoms with van der Waals surface area (Å²) in [6, 6.07) is 7.72. The molecule has 2 N–H and O–H groups in total. The van der Waals surface area contributed by atoms with Gasteiger partial charge in [-0.1, -0.05) is 90.2 Å². The van der Waals surface area contributed by atoms with Crippen molar-refractivity contribution in [2.45, 2.75) is 90.9 Å². The Labute approximate surface area is 162 Å². The predicted octanol–water partition coefficient (Wildman–Crippen LogP) is 4.89. The van der Waals surface area contributed by atoms with Crippen molar-refractivity contribution in [3.63, 3.8) is 0 Å². The van der Waals surface area contributed by atoms with Crippen molar-refractivity contribution in [2.24, 2.45) is 0 Å². The molecule has 0 amide bonds. The lowest BCUT2D eigenvalue weighted by Gasteiger charge is -2.25. The first-order chi connectivity index (χ1) is 12.7. The van der Waals surface area contributed by atoms with Gasteiger partial charge in [0.1, 0.15) is 0 Å². The predicted molar refractivity (Wildman–Crippen MR) is 115 cm³/mol. The first-order valence-electron chi connectivity index (χ1n) is 10.9. The lowest BCUT2D eigenvalue weighted by molar-refractivity contribution is 0.426. The Bertz CT molecular complexity index is 420. The smallest absolute Gasteiger partial charge is 0.423 e. The Morgan fingerprint density at radius 2 is 1.08 bits per heavy atom. The maximum Gasteiger partial charge on any atom is 0.488 e. The second kappa shape index (κ2) is 15.1. The van der Waals surface area contributed by atoms with Crippen molar-refractivity contribution in [3.05, 3.63) is 24.3 Å². The van der Waals surface area contributed by atoms with Gasteiger partial charge in [0.25, 0.3) is 0 Å². The molecule has 0 heterocycles. The van der Waals surface area contributed by atoms with Crippen LogP contribution in [0.25, 0.3) is 0 Å². The summed E-state index contributed by atoms with van der Waals surface area (Å²) in [4.78, 5) is 2.48. The van der Waals surface area contributed by atoms with Crippen LogP contribution in [0.15, 0.2) is 24.3 Å². The van der Waals surface area contributed by atoms with Crippen LogP contribution in [0.4, 0.5) is 5.69 Å². The third-order valence-corrected chi connectivity index (χ3v) is 5.12. The maximum atomic E-state index is 9.28. The van der Waals surface area contributed by atoms with Crippen LogP contribution in [-0.4, -0.2) is 30.3 Å². The van der Waals surface area contributed by atoms with Gasteiger partial charge in [-0.15, -0.1) is 0 Å². The third kappa shape index (κ3) is 10.2. The minimum atomic E-state index is -1.38. The average molecular weight is 361 g/mol. The van der Waals surface area contributed by atoms with E-state index < -0.39 is 7.12 Å². The van der Waals surface area contributed by atoms with Gasteiger partial charge in [-0.3, -0.25) is 0 Å². The molecular weight excluding hydrogens is 321 g/mol. The highest BCUT2D eigenvalue weighted by Gasteiger charge is 2.12. The van der Waals surface area contributed by atoms with E-state index in [-0.39, 0.29) is 0 Å². The van der Waals surface area contributed by atoms with Crippen LogP contribution in [0.2, 0.25) is 0 Å². The molecule has 0 radical (unpaired) electrons. The number of anilines is 1. The molecule has 0 saturated heterocycles. The molecule has 1 aromatic carbocycles. The molecule has 0 saturated carbocycles. The largest absolute Gasteiger partial charge is 0.488 e. The molecule has 0 spiro atoms. The molecule has 0 bridgehead atoms. The standard InChI is InChI=1S/C22H40BNO2/c1-3-5-7-9-11-13-19-24(20-14-12-10-8-6-4-2)22-17-15-21(16-18-22)23(25)26/h15-18,25-26H,3-14,19-20H2,1-2H3. The number of benzene rings is 1. The molecule has 0 aliphatic rings. The summed E-state index contributed by atoms with van der Waals surface area (Å²) >= 11 is 0. The fraction of sp³-hybridized carbons (Fsp3) is 0.727. The Balaban J connectivity index is 2.46. The number of rotatable bonds is 16. The van der Waals surface area contributed by atoms with Gasteiger partial charge in [-0.2, -0.15) is 0 Å². The van der Waals surface area contributed by atoms with Crippen molar-refractivity contribution in [3.8, 4) is 0 Å². The summed E-state index contributed by atoms with van der Waals surface area (Å²) in [5.41, 5.74) is 1.77. The van der Waals surface area contributed by atoms with Crippen LogP contribution in [-0.2, 0) is 0 Å². The van der Waals surface area contributed by atoms with Gasteiger partial charge in [0.05, 0.1) is 0 Å². The highest BCUT2D eigenvalue weighted by Crippen LogP contribution is 2.16. The summed E-state index contributed by atoms with van der Waals surface area (Å²) in [5.74, 6) is 0. The van der Waals surface area contributed by atoms with Gasteiger partial charge in [0.15, 0.2) is 0 Å². The molecule has 148 valence electrons. The van der Waals surface area contributed by atoms with Gasteiger partial charge in [-0.25, -0.2) is 0 Å². The zero-order valence-corrected chi connectivity index (χ0v) is 17.1. The summed E-state index contributed by atoms with van der Waals surface area (Å²) in [5, 5.41) is 18.6. The van der Waals surface area contributed by atoms with Crippen molar-refractivity contribution in [2.75, 3.05) is 18.0 Å². The van der Waals surface area contributed by atoms with Crippen LogP contribution in [0.5, 0.6) is 0 Å². The summed E-state index contributed by atoms with van der Waals surface area (Å²) in [6.45, 7) is 6.72. The summed E-state index contributed by atoms with van der Waals surface area (Å²) in [6.07, 6.45) is 15.8. The fourth-order valence-electron chi connectivity index (χ4n) is 3.39. The normalized spacial score (nSPS) is 10.9. The van der Waals surface area contributed by atoms with E-state index in [2.05, 4.69) is 18.7 Å². The van der Waals surface area contributed by atoms with Crippen molar-refractivity contribution >= 4 is 18.3 Å². The lowest BCUT2D eigenvalue weighted by atomic mass is 9.80. The van der Waals surface area contributed by atoms with Crippen molar-refractivity contribution in [1.82, 2.24) is 0 Å². The Hall–Kier alpha value is -0.995. The molecule has 0 atom stereocenters. The molecule has 4 heteroatoms. The Morgan fingerprint density at radius 1 is 0.654 bits per heavy atom. The van der Waals surface area contributed by atoms with E-state index in [0.717, 1.165) is 13.1 Å². The van der Waals surface area contributed by atoms with Crippen molar-refractivity contribution in [1.29, 1.82) is 0 Å². The molecule has 0 unspecified atom stereocenters. The topological polar surface area (TPSA) is 43.7 Å². The molecule has 0 fully saturated rings. The summed E-state index contributed by atoms with van der Waals surface area (Å²) < 4.78 is 0.